The molecule has 0 fully saturated rings. The minimum Gasteiger partial charge on any atom is -0.408 e. The Labute approximate surface area is 120 Å². The predicted octanol–water partition coefficient (Wildman–Crippen LogP) is 2.87. The molecule has 1 heterocycles. The lowest BCUT2D eigenvalue weighted by Gasteiger charge is -2.05. The first-order chi connectivity index (χ1) is 10.2. The molecule has 0 atom stereocenters. The number of amides is 1. The van der Waals surface area contributed by atoms with Crippen LogP contribution in [0, 0.1) is 0 Å². The number of hydrogen-bond donors (Lipinski definition) is 1. The zero-order valence-electron chi connectivity index (χ0n) is 11.5. The molecule has 5 heteroatoms. The normalized spacial score (nSPS) is 10.7. The molecule has 2 aromatic carbocycles. The molecule has 0 radical (unpaired) electrons. The summed E-state index contributed by atoms with van der Waals surface area (Å²) in [4.78, 5) is 23.7. The van der Waals surface area contributed by atoms with E-state index in [4.69, 9.17) is 4.42 Å². The van der Waals surface area contributed by atoms with Crippen molar-refractivity contribution in [3.63, 3.8) is 0 Å². The molecule has 1 amide bonds. The zero-order valence-corrected chi connectivity index (χ0v) is 11.5. The first-order valence-electron chi connectivity index (χ1n) is 6.69. The summed E-state index contributed by atoms with van der Waals surface area (Å²) >= 11 is 0. The second-order valence-electron chi connectivity index (χ2n) is 4.61. The molecule has 0 unspecified atom stereocenters. The van der Waals surface area contributed by atoms with E-state index in [0.29, 0.717) is 23.4 Å². The fourth-order valence-electron chi connectivity index (χ4n) is 2.24. The largest absolute Gasteiger partial charge is 0.419 e. The predicted molar refractivity (Wildman–Crippen MR) is 80.5 cm³/mol. The molecule has 0 spiro atoms. The number of benzene rings is 2. The number of carbonyl (C=O) groups excluding carboxylic acids is 1. The SMILES string of the molecule is CCn1c(=O)oc2cc(NC(=O)c3ccccc3)ccc21. The Kier molecular flexibility index (Phi) is 3.31. The van der Waals surface area contributed by atoms with Gasteiger partial charge in [0.1, 0.15) is 0 Å². The van der Waals surface area contributed by atoms with Gasteiger partial charge in [-0.3, -0.25) is 9.36 Å². The van der Waals surface area contributed by atoms with Crippen molar-refractivity contribution < 1.29 is 9.21 Å². The van der Waals surface area contributed by atoms with Crippen molar-refractivity contribution in [2.24, 2.45) is 0 Å². The summed E-state index contributed by atoms with van der Waals surface area (Å²) in [6.45, 7) is 2.42. The van der Waals surface area contributed by atoms with Crippen molar-refractivity contribution in [2.45, 2.75) is 13.5 Å². The second kappa shape index (κ2) is 5.28. The Morgan fingerprint density at radius 1 is 1.19 bits per heavy atom. The lowest BCUT2D eigenvalue weighted by Crippen LogP contribution is -2.12. The number of fused-ring (bicyclic) bond motifs is 1. The Morgan fingerprint density at radius 3 is 2.67 bits per heavy atom. The lowest BCUT2D eigenvalue weighted by molar-refractivity contribution is 0.102. The van der Waals surface area contributed by atoms with E-state index in [9.17, 15) is 9.59 Å². The van der Waals surface area contributed by atoms with E-state index < -0.39 is 0 Å². The molecule has 3 aromatic rings. The number of rotatable bonds is 3. The summed E-state index contributed by atoms with van der Waals surface area (Å²) in [5, 5.41) is 2.79. The van der Waals surface area contributed by atoms with Gasteiger partial charge in [-0.15, -0.1) is 0 Å². The topological polar surface area (TPSA) is 64.2 Å². The average Bonchev–Trinajstić information content (AvgIpc) is 2.82. The lowest BCUT2D eigenvalue weighted by atomic mass is 10.2. The number of hydrogen-bond acceptors (Lipinski definition) is 3. The van der Waals surface area contributed by atoms with Crippen LogP contribution in [0.3, 0.4) is 0 Å². The van der Waals surface area contributed by atoms with E-state index in [-0.39, 0.29) is 11.7 Å². The smallest absolute Gasteiger partial charge is 0.408 e. The van der Waals surface area contributed by atoms with Crippen molar-refractivity contribution in [1.82, 2.24) is 4.57 Å². The first kappa shape index (κ1) is 13.2. The van der Waals surface area contributed by atoms with E-state index in [1.165, 1.54) is 4.57 Å². The van der Waals surface area contributed by atoms with Gasteiger partial charge in [0, 0.05) is 23.9 Å². The molecule has 3 rings (SSSR count). The number of carbonyl (C=O) groups is 1. The minimum atomic E-state index is -0.390. The van der Waals surface area contributed by atoms with E-state index in [1.807, 2.05) is 13.0 Å². The fraction of sp³-hybridized carbons (Fsp3) is 0.125. The molecule has 0 aliphatic rings. The van der Waals surface area contributed by atoms with E-state index in [2.05, 4.69) is 5.32 Å². The standard InChI is InChI=1S/C16H14N2O3/c1-2-18-13-9-8-12(10-14(13)21-16(18)20)17-15(19)11-6-4-3-5-7-11/h3-10H,2H2,1H3,(H,17,19). The highest BCUT2D eigenvalue weighted by molar-refractivity contribution is 6.04. The molecule has 0 saturated heterocycles. The highest BCUT2D eigenvalue weighted by Gasteiger charge is 2.10. The molecule has 0 aliphatic heterocycles. The second-order valence-corrected chi connectivity index (χ2v) is 4.61. The Balaban J connectivity index is 1.92. The third-order valence-electron chi connectivity index (χ3n) is 3.28. The Bertz CT molecular complexity index is 847. The maximum absolute atomic E-state index is 12.1. The summed E-state index contributed by atoms with van der Waals surface area (Å²) in [7, 11) is 0. The van der Waals surface area contributed by atoms with Crippen LogP contribution in [0.2, 0.25) is 0 Å². The molecule has 21 heavy (non-hydrogen) atoms. The van der Waals surface area contributed by atoms with Crippen LogP contribution in [0.25, 0.3) is 11.1 Å². The third kappa shape index (κ3) is 2.45. The van der Waals surface area contributed by atoms with Crippen LogP contribution in [0.1, 0.15) is 17.3 Å². The van der Waals surface area contributed by atoms with E-state index in [1.54, 1.807) is 42.5 Å². The average molecular weight is 282 g/mol. The van der Waals surface area contributed by atoms with Crippen molar-refractivity contribution >= 4 is 22.7 Å². The van der Waals surface area contributed by atoms with Gasteiger partial charge in [0.05, 0.1) is 5.52 Å². The summed E-state index contributed by atoms with van der Waals surface area (Å²) in [5.74, 6) is -0.591. The van der Waals surface area contributed by atoms with Gasteiger partial charge < -0.3 is 9.73 Å². The minimum absolute atomic E-state index is 0.202. The molecular weight excluding hydrogens is 268 g/mol. The van der Waals surface area contributed by atoms with Crippen molar-refractivity contribution in [3.05, 3.63) is 64.6 Å². The maximum atomic E-state index is 12.1. The summed E-state index contributed by atoms with van der Waals surface area (Å²) in [6, 6.07) is 14.1. The van der Waals surface area contributed by atoms with Crippen LogP contribution < -0.4 is 11.1 Å². The fourth-order valence-corrected chi connectivity index (χ4v) is 2.24. The molecule has 1 N–H and O–H groups in total. The number of aryl methyl sites for hydroxylation is 1. The van der Waals surface area contributed by atoms with Crippen molar-refractivity contribution in [2.75, 3.05) is 5.32 Å². The van der Waals surface area contributed by atoms with Crippen LogP contribution in [0.4, 0.5) is 5.69 Å². The summed E-state index contributed by atoms with van der Waals surface area (Å²) < 4.78 is 6.71. The number of nitrogens with one attached hydrogen (secondary N) is 1. The van der Waals surface area contributed by atoms with Gasteiger partial charge in [0.25, 0.3) is 5.91 Å². The van der Waals surface area contributed by atoms with E-state index in [0.717, 1.165) is 5.52 Å². The van der Waals surface area contributed by atoms with E-state index >= 15 is 0 Å². The van der Waals surface area contributed by atoms with Crippen LogP contribution in [0.5, 0.6) is 0 Å². The van der Waals surface area contributed by atoms with Gasteiger partial charge in [-0.05, 0) is 31.2 Å². The first-order valence-corrected chi connectivity index (χ1v) is 6.69. The van der Waals surface area contributed by atoms with Crippen molar-refractivity contribution in [3.8, 4) is 0 Å². The van der Waals surface area contributed by atoms with Gasteiger partial charge in [0.15, 0.2) is 5.58 Å². The molecule has 1 aromatic heterocycles. The number of aromatic nitrogens is 1. The highest BCUT2D eigenvalue weighted by Crippen LogP contribution is 2.19. The van der Waals surface area contributed by atoms with Crippen LogP contribution >= 0.6 is 0 Å². The summed E-state index contributed by atoms with van der Waals surface area (Å²) in [6.07, 6.45) is 0. The molecule has 0 aliphatic carbocycles. The Hall–Kier alpha value is -2.82. The molecule has 0 bridgehead atoms. The quantitative estimate of drug-likeness (QED) is 0.803. The van der Waals surface area contributed by atoms with Crippen LogP contribution in [0.15, 0.2) is 57.7 Å². The van der Waals surface area contributed by atoms with Crippen LogP contribution in [-0.4, -0.2) is 10.5 Å². The zero-order chi connectivity index (χ0) is 14.8. The van der Waals surface area contributed by atoms with Gasteiger partial charge in [-0.25, -0.2) is 4.79 Å². The summed E-state index contributed by atoms with van der Waals surface area (Å²) in [5.41, 5.74) is 2.35. The number of nitrogens with zero attached hydrogens (tertiary/aromatic N) is 1. The molecule has 0 saturated carbocycles. The van der Waals surface area contributed by atoms with Gasteiger partial charge in [0.2, 0.25) is 0 Å². The monoisotopic (exact) mass is 282 g/mol. The Morgan fingerprint density at radius 2 is 1.95 bits per heavy atom. The molecule has 5 nitrogen and oxygen atoms in total. The molecule has 106 valence electrons. The molecular formula is C16H14N2O3. The third-order valence-corrected chi connectivity index (χ3v) is 3.28. The maximum Gasteiger partial charge on any atom is 0.419 e. The van der Waals surface area contributed by atoms with Gasteiger partial charge >= 0.3 is 5.76 Å². The van der Waals surface area contributed by atoms with Gasteiger partial charge in [-0.1, -0.05) is 18.2 Å². The highest BCUT2D eigenvalue weighted by atomic mass is 16.4. The van der Waals surface area contributed by atoms with Crippen molar-refractivity contribution in [1.29, 1.82) is 0 Å². The number of oxazole rings is 1. The van der Waals surface area contributed by atoms with Gasteiger partial charge in [-0.2, -0.15) is 0 Å². The van der Waals surface area contributed by atoms with Crippen LogP contribution in [-0.2, 0) is 6.54 Å². The number of anilines is 1.